The number of halogens is 3. The molecule has 3 aromatic rings. The van der Waals surface area contributed by atoms with Crippen LogP contribution in [0.15, 0.2) is 42.5 Å². The van der Waals surface area contributed by atoms with Crippen LogP contribution in [-0.4, -0.2) is 15.3 Å². The zero-order valence-electron chi connectivity index (χ0n) is 13.1. The average molecular weight is 359 g/mol. The Hall–Kier alpha value is -2.80. The third kappa shape index (κ3) is 3.51. The maximum absolute atomic E-state index is 14.2. The molecule has 0 unspecified atom stereocenters. The summed E-state index contributed by atoms with van der Waals surface area (Å²) in [7, 11) is 0. The van der Waals surface area contributed by atoms with Gasteiger partial charge in [0.25, 0.3) is 0 Å². The minimum Gasteiger partial charge on any atom is -0.337 e. The highest BCUT2D eigenvalue weighted by Gasteiger charge is 2.17. The quantitative estimate of drug-likeness (QED) is 0.668. The average Bonchev–Trinajstić information content (AvgIpc) is 2.57. The molecule has 1 aromatic heterocycles. The first kappa shape index (κ1) is 17.0. The molecule has 3 rings (SSSR count). The number of hydrogen-bond donors (Lipinski definition) is 1. The van der Waals surface area contributed by atoms with Gasteiger partial charge in [-0.2, -0.15) is 0 Å². The third-order valence-electron chi connectivity index (χ3n) is 3.49. The van der Waals surface area contributed by atoms with Crippen molar-refractivity contribution in [2.24, 2.45) is 0 Å². The molecule has 0 aliphatic heterocycles. The topological polar surface area (TPSA) is 37.8 Å². The van der Waals surface area contributed by atoms with Crippen molar-refractivity contribution in [2.75, 3.05) is 5.32 Å². The van der Waals surface area contributed by atoms with Crippen LogP contribution in [-0.2, 0) is 0 Å². The number of thiocarbonyl (C=S) groups is 1. The largest absolute Gasteiger partial charge is 0.337 e. The Kier molecular flexibility index (Phi) is 4.76. The van der Waals surface area contributed by atoms with E-state index < -0.39 is 17.5 Å². The number of benzene rings is 2. The molecule has 2 aromatic carbocycles. The molecule has 0 saturated carbocycles. The SMILES string of the molecule is Cc1nc(Nc2ccc(F)cc2F)c(C=S)c(-c2ccccc2F)n1. The molecule has 0 bridgehead atoms. The van der Waals surface area contributed by atoms with E-state index in [4.69, 9.17) is 12.2 Å². The van der Waals surface area contributed by atoms with Crippen LogP contribution < -0.4 is 5.32 Å². The molecule has 25 heavy (non-hydrogen) atoms. The summed E-state index contributed by atoms with van der Waals surface area (Å²) in [4.78, 5) is 8.49. The molecule has 1 N–H and O–H groups in total. The first-order valence-electron chi connectivity index (χ1n) is 7.30. The van der Waals surface area contributed by atoms with Gasteiger partial charge in [-0.15, -0.1) is 0 Å². The van der Waals surface area contributed by atoms with Gasteiger partial charge in [0.1, 0.15) is 29.1 Å². The van der Waals surface area contributed by atoms with Gasteiger partial charge in [0.2, 0.25) is 0 Å². The normalized spacial score (nSPS) is 10.6. The van der Waals surface area contributed by atoms with Crippen molar-refractivity contribution in [1.82, 2.24) is 9.97 Å². The second-order valence-corrected chi connectivity index (χ2v) is 5.46. The van der Waals surface area contributed by atoms with Crippen molar-refractivity contribution in [3.63, 3.8) is 0 Å². The Balaban J connectivity index is 2.14. The molecular formula is C18H12F3N3S. The second-order valence-electron chi connectivity index (χ2n) is 5.23. The van der Waals surface area contributed by atoms with Crippen molar-refractivity contribution in [3.05, 3.63) is 71.3 Å². The molecule has 3 nitrogen and oxygen atoms in total. The van der Waals surface area contributed by atoms with E-state index in [1.165, 1.54) is 17.5 Å². The first-order valence-corrected chi connectivity index (χ1v) is 7.77. The van der Waals surface area contributed by atoms with E-state index in [1.807, 2.05) is 0 Å². The third-order valence-corrected chi connectivity index (χ3v) is 3.72. The minimum absolute atomic E-state index is 0.0251. The summed E-state index contributed by atoms with van der Waals surface area (Å²) in [5.74, 6) is -1.37. The lowest BCUT2D eigenvalue weighted by molar-refractivity contribution is 0.586. The Morgan fingerprint density at radius 2 is 1.76 bits per heavy atom. The van der Waals surface area contributed by atoms with Crippen LogP contribution in [0.4, 0.5) is 24.7 Å². The fraction of sp³-hybridized carbons (Fsp3) is 0.0556. The van der Waals surface area contributed by atoms with E-state index in [0.29, 0.717) is 17.1 Å². The highest BCUT2D eigenvalue weighted by molar-refractivity contribution is 7.79. The summed E-state index contributed by atoms with van der Waals surface area (Å²) in [6.45, 7) is 1.63. The standard InChI is InChI=1S/C18H12F3N3S/c1-10-22-17(12-4-2-3-5-14(12)20)13(9-25)18(23-10)24-16-7-6-11(19)8-15(16)21/h2-9H,1H3,(H,22,23,24). The molecule has 0 atom stereocenters. The van der Waals surface area contributed by atoms with Gasteiger partial charge in [-0.3, -0.25) is 0 Å². The summed E-state index contributed by atoms with van der Waals surface area (Å²) in [6.07, 6.45) is 0. The van der Waals surface area contributed by atoms with E-state index in [9.17, 15) is 13.2 Å². The Morgan fingerprint density at radius 1 is 1.00 bits per heavy atom. The Morgan fingerprint density at radius 3 is 2.44 bits per heavy atom. The molecule has 0 aliphatic carbocycles. The number of aromatic nitrogens is 2. The summed E-state index contributed by atoms with van der Waals surface area (Å²) in [5, 5.41) is 4.07. The van der Waals surface area contributed by atoms with Gasteiger partial charge in [-0.25, -0.2) is 23.1 Å². The van der Waals surface area contributed by atoms with Crippen molar-refractivity contribution < 1.29 is 13.2 Å². The number of nitrogens with one attached hydrogen (secondary N) is 1. The molecule has 0 aliphatic rings. The van der Waals surface area contributed by atoms with Gasteiger partial charge in [0.05, 0.1) is 16.9 Å². The van der Waals surface area contributed by atoms with Crippen LogP contribution in [0.1, 0.15) is 11.4 Å². The van der Waals surface area contributed by atoms with Crippen molar-refractivity contribution in [1.29, 1.82) is 0 Å². The van der Waals surface area contributed by atoms with Crippen molar-refractivity contribution in [2.45, 2.75) is 6.92 Å². The second kappa shape index (κ2) is 6.98. The smallest absolute Gasteiger partial charge is 0.149 e. The summed E-state index contributed by atoms with van der Waals surface area (Å²) < 4.78 is 41.1. The van der Waals surface area contributed by atoms with Crippen LogP contribution in [0.25, 0.3) is 11.3 Å². The number of rotatable bonds is 4. The van der Waals surface area contributed by atoms with Crippen LogP contribution in [0.5, 0.6) is 0 Å². The van der Waals surface area contributed by atoms with E-state index in [2.05, 4.69) is 15.3 Å². The maximum atomic E-state index is 14.2. The molecular weight excluding hydrogens is 347 g/mol. The lowest BCUT2D eigenvalue weighted by atomic mass is 10.1. The van der Waals surface area contributed by atoms with Gasteiger partial charge < -0.3 is 5.32 Å². The van der Waals surface area contributed by atoms with Crippen LogP contribution in [0, 0.1) is 24.4 Å². The molecule has 0 amide bonds. The van der Waals surface area contributed by atoms with Crippen LogP contribution in [0.3, 0.4) is 0 Å². The molecule has 0 fully saturated rings. The highest BCUT2D eigenvalue weighted by atomic mass is 32.1. The number of aryl methyl sites for hydroxylation is 1. The number of nitrogens with zero attached hydrogens (tertiary/aromatic N) is 2. The highest BCUT2D eigenvalue weighted by Crippen LogP contribution is 2.29. The van der Waals surface area contributed by atoms with E-state index in [0.717, 1.165) is 12.1 Å². The minimum atomic E-state index is -0.779. The summed E-state index contributed by atoms with van der Waals surface area (Å²) in [5.41, 5.74) is 0.920. The molecule has 126 valence electrons. The lowest BCUT2D eigenvalue weighted by Gasteiger charge is -2.14. The Bertz CT molecular complexity index is 960. The fourth-order valence-corrected chi connectivity index (χ4v) is 2.59. The molecule has 7 heteroatoms. The van der Waals surface area contributed by atoms with Crippen LogP contribution >= 0.6 is 12.2 Å². The van der Waals surface area contributed by atoms with Gasteiger partial charge in [0.15, 0.2) is 0 Å². The van der Waals surface area contributed by atoms with Gasteiger partial charge in [-0.1, -0.05) is 24.4 Å². The van der Waals surface area contributed by atoms with Crippen molar-refractivity contribution >= 4 is 29.1 Å². The Labute approximate surface area is 147 Å². The zero-order chi connectivity index (χ0) is 18.0. The number of hydrogen-bond acceptors (Lipinski definition) is 4. The molecule has 0 spiro atoms. The maximum Gasteiger partial charge on any atom is 0.149 e. The van der Waals surface area contributed by atoms with E-state index in [-0.39, 0.29) is 17.1 Å². The predicted molar refractivity (Wildman–Crippen MR) is 94.6 cm³/mol. The van der Waals surface area contributed by atoms with Gasteiger partial charge >= 0.3 is 0 Å². The zero-order valence-corrected chi connectivity index (χ0v) is 13.9. The fourth-order valence-electron chi connectivity index (χ4n) is 2.37. The molecule has 1 heterocycles. The van der Waals surface area contributed by atoms with Crippen molar-refractivity contribution in [3.8, 4) is 11.3 Å². The monoisotopic (exact) mass is 359 g/mol. The summed E-state index contributed by atoms with van der Waals surface area (Å²) in [6, 6.07) is 9.25. The lowest BCUT2D eigenvalue weighted by Crippen LogP contribution is -2.06. The molecule has 0 radical (unpaired) electrons. The van der Waals surface area contributed by atoms with E-state index in [1.54, 1.807) is 25.1 Å². The van der Waals surface area contributed by atoms with Gasteiger partial charge in [-0.05, 0) is 31.2 Å². The predicted octanol–water partition coefficient (Wildman–Crippen LogP) is 4.96. The summed E-state index contributed by atoms with van der Waals surface area (Å²) >= 11 is 5.03. The van der Waals surface area contributed by atoms with Crippen LogP contribution in [0.2, 0.25) is 0 Å². The number of anilines is 2. The van der Waals surface area contributed by atoms with Gasteiger partial charge in [0, 0.05) is 17.0 Å². The van der Waals surface area contributed by atoms with E-state index >= 15 is 0 Å². The first-order chi connectivity index (χ1) is 12.0. The molecule has 0 saturated heterocycles.